The number of hydrogen-bond acceptors (Lipinski definition) is 2. The molecule has 0 aliphatic heterocycles. The molecule has 2 nitrogen and oxygen atoms in total. The van der Waals surface area contributed by atoms with Crippen LogP contribution in [0.3, 0.4) is 0 Å². The maximum atomic E-state index is 11.3. The lowest BCUT2D eigenvalue weighted by molar-refractivity contribution is -0.155. The first-order valence-electron chi connectivity index (χ1n) is 7.03. The molecule has 2 rings (SSSR count). The van der Waals surface area contributed by atoms with Crippen LogP contribution in [0.25, 0.3) is 0 Å². The molecule has 0 spiro atoms. The van der Waals surface area contributed by atoms with E-state index in [9.17, 15) is 4.79 Å². The first-order valence-corrected chi connectivity index (χ1v) is 7.03. The van der Waals surface area contributed by atoms with Crippen molar-refractivity contribution in [1.82, 2.24) is 0 Å². The number of carbonyl (C=O) groups excluding carboxylic acids is 1. The Bertz CT molecular complexity index is 440. The number of carbonyl (C=O) groups is 1. The Labute approximate surface area is 115 Å². The van der Waals surface area contributed by atoms with Crippen molar-refractivity contribution < 1.29 is 9.53 Å². The van der Waals surface area contributed by atoms with Crippen LogP contribution >= 0.6 is 0 Å². The monoisotopic (exact) mass is 258 g/mol. The maximum absolute atomic E-state index is 11.3. The van der Waals surface area contributed by atoms with E-state index < -0.39 is 0 Å². The van der Waals surface area contributed by atoms with Gasteiger partial charge in [0.1, 0.15) is 5.60 Å². The number of ether oxygens (including phenoxy) is 1. The van der Waals surface area contributed by atoms with Gasteiger partial charge in [0, 0.05) is 6.92 Å². The highest BCUT2D eigenvalue weighted by Crippen LogP contribution is 2.40. The van der Waals surface area contributed by atoms with Gasteiger partial charge in [-0.05, 0) is 50.2 Å². The molecule has 0 heterocycles. The molecule has 102 valence electrons. The Kier molecular flexibility index (Phi) is 4.41. The minimum atomic E-state index is -0.369. The Morgan fingerprint density at radius 2 is 1.89 bits per heavy atom. The molecule has 0 N–H and O–H groups in total. The number of hydrogen-bond donors (Lipinski definition) is 0. The van der Waals surface area contributed by atoms with Crippen molar-refractivity contribution in [2.24, 2.45) is 0 Å². The van der Waals surface area contributed by atoms with Gasteiger partial charge in [-0.3, -0.25) is 4.79 Å². The summed E-state index contributed by atoms with van der Waals surface area (Å²) in [5.41, 5.74) is 1.03. The lowest BCUT2D eigenvalue weighted by Crippen LogP contribution is -2.36. The normalized spacial score (nSPS) is 27.4. The zero-order valence-corrected chi connectivity index (χ0v) is 11.8. The van der Waals surface area contributed by atoms with Gasteiger partial charge < -0.3 is 4.74 Å². The number of allylic oxidation sites excluding steroid dienone is 1. The number of benzene rings is 1. The molecule has 0 saturated heterocycles. The summed E-state index contributed by atoms with van der Waals surface area (Å²) in [6.45, 7) is 3.48. The summed E-state index contributed by atoms with van der Waals surface area (Å²) in [5.74, 6) is 0.409. The second kappa shape index (κ2) is 6.05. The number of esters is 1. The van der Waals surface area contributed by atoms with E-state index in [4.69, 9.17) is 4.74 Å². The summed E-state index contributed by atoms with van der Waals surface area (Å²) >= 11 is 0. The Morgan fingerprint density at radius 3 is 2.42 bits per heavy atom. The molecule has 1 aromatic rings. The van der Waals surface area contributed by atoms with Crippen LogP contribution in [-0.2, 0) is 9.53 Å². The standard InChI is InChI=1S/C17H22O2/c1-3-11-17(19-14(2)18)12-9-16(10-13-17)15-7-5-4-6-8-15/h3-8,11,16H,9-10,12-13H2,1-2H3/b11-3-. The van der Waals surface area contributed by atoms with Crippen molar-refractivity contribution in [3.63, 3.8) is 0 Å². The summed E-state index contributed by atoms with van der Waals surface area (Å²) in [6.07, 6.45) is 8.01. The lowest BCUT2D eigenvalue weighted by Gasteiger charge is -2.37. The molecule has 0 atom stereocenters. The molecule has 1 fully saturated rings. The first kappa shape index (κ1) is 13.9. The topological polar surface area (TPSA) is 26.3 Å². The molecule has 0 radical (unpaired) electrons. The van der Waals surface area contributed by atoms with Gasteiger partial charge in [-0.1, -0.05) is 36.4 Å². The minimum absolute atomic E-state index is 0.184. The van der Waals surface area contributed by atoms with E-state index in [0.29, 0.717) is 5.92 Å². The van der Waals surface area contributed by atoms with Crippen LogP contribution in [0.4, 0.5) is 0 Å². The van der Waals surface area contributed by atoms with E-state index in [1.54, 1.807) is 0 Å². The van der Waals surface area contributed by atoms with E-state index in [1.807, 2.05) is 13.0 Å². The third kappa shape index (κ3) is 3.46. The van der Waals surface area contributed by atoms with E-state index in [0.717, 1.165) is 25.7 Å². The van der Waals surface area contributed by atoms with Crippen molar-refractivity contribution in [3.8, 4) is 0 Å². The van der Waals surface area contributed by atoms with E-state index >= 15 is 0 Å². The molecule has 19 heavy (non-hydrogen) atoms. The van der Waals surface area contributed by atoms with Crippen molar-refractivity contribution in [3.05, 3.63) is 48.0 Å². The molecular weight excluding hydrogens is 236 g/mol. The van der Waals surface area contributed by atoms with Crippen LogP contribution in [0.15, 0.2) is 42.5 Å². The highest BCUT2D eigenvalue weighted by molar-refractivity contribution is 5.66. The van der Waals surface area contributed by atoms with Gasteiger partial charge in [-0.15, -0.1) is 0 Å². The van der Waals surface area contributed by atoms with Crippen LogP contribution in [-0.4, -0.2) is 11.6 Å². The third-order valence-corrected chi connectivity index (χ3v) is 3.92. The van der Waals surface area contributed by atoms with Crippen LogP contribution in [0.1, 0.15) is 51.0 Å². The summed E-state index contributed by atoms with van der Waals surface area (Å²) in [5, 5.41) is 0. The van der Waals surface area contributed by atoms with E-state index in [2.05, 4.69) is 36.4 Å². The van der Waals surface area contributed by atoms with Crippen LogP contribution in [0, 0.1) is 0 Å². The van der Waals surface area contributed by atoms with Crippen molar-refractivity contribution >= 4 is 5.97 Å². The third-order valence-electron chi connectivity index (χ3n) is 3.92. The van der Waals surface area contributed by atoms with Crippen molar-refractivity contribution in [1.29, 1.82) is 0 Å². The predicted molar refractivity (Wildman–Crippen MR) is 77.0 cm³/mol. The van der Waals surface area contributed by atoms with Crippen LogP contribution in [0.2, 0.25) is 0 Å². The summed E-state index contributed by atoms with van der Waals surface area (Å²) in [7, 11) is 0. The second-order valence-corrected chi connectivity index (χ2v) is 5.34. The largest absolute Gasteiger partial charge is 0.455 e. The molecule has 2 heteroatoms. The highest BCUT2D eigenvalue weighted by Gasteiger charge is 2.36. The van der Waals surface area contributed by atoms with Gasteiger partial charge in [-0.25, -0.2) is 0 Å². The molecule has 0 aromatic heterocycles. The first-order chi connectivity index (χ1) is 9.15. The summed E-state index contributed by atoms with van der Waals surface area (Å²) < 4.78 is 5.58. The van der Waals surface area contributed by atoms with E-state index in [-0.39, 0.29) is 11.6 Å². The Hall–Kier alpha value is -1.57. The van der Waals surface area contributed by atoms with Gasteiger partial charge in [-0.2, -0.15) is 0 Å². The quantitative estimate of drug-likeness (QED) is 0.599. The zero-order valence-electron chi connectivity index (χ0n) is 11.8. The van der Waals surface area contributed by atoms with Crippen LogP contribution < -0.4 is 0 Å². The molecule has 1 aliphatic carbocycles. The molecular formula is C17H22O2. The molecule has 1 aliphatic rings. The fraction of sp³-hybridized carbons (Fsp3) is 0.471. The molecule has 0 unspecified atom stereocenters. The zero-order chi connectivity index (χ0) is 13.7. The predicted octanol–water partition coefficient (Wildman–Crippen LogP) is 4.22. The smallest absolute Gasteiger partial charge is 0.303 e. The molecule has 0 bridgehead atoms. The van der Waals surface area contributed by atoms with Gasteiger partial charge >= 0.3 is 5.97 Å². The molecule has 1 aromatic carbocycles. The summed E-state index contributed by atoms with van der Waals surface area (Å²) in [6, 6.07) is 10.6. The van der Waals surface area contributed by atoms with Gasteiger partial charge in [0.25, 0.3) is 0 Å². The van der Waals surface area contributed by atoms with E-state index in [1.165, 1.54) is 12.5 Å². The molecule has 0 amide bonds. The number of rotatable bonds is 3. The second-order valence-electron chi connectivity index (χ2n) is 5.34. The van der Waals surface area contributed by atoms with Gasteiger partial charge in [0.05, 0.1) is 0 Å². The highest BCUT2D eigenvalue weighted by atomic mass is 16.6. The Balaban J connectivity index is 2.05. The Morgan fingerprint density at radius 1 is 1.26 bits per heavy atom. The van der Waals surface area contributed by atoms with Crippen molar-refractivity contribution in [2.75, 3.05) is 0 Å². The summed E-state index contributed by atoms with van der Waals surface area (Å²) in [4.78, 5) is 11.3. The maximum Gasteiger partial charge on any atom is 0.303 e. The SMILES string of the molecule is C/C=C\C1(OC(C)=O)CCC(c2ccccc2)CC1. The average molecular weight is 258 g/mol. The van der Waals surface area contributed by atoms with Gasteiger partial charge in [0.2, 0.25) is 0 Å². The lowest BCUT2D eigenvalue weighted by atomic mass is 9.76. The van der Waals surface area contributed by atoms with Crippen LogP contribution in [0.5, 0.6) is 0 Å². The van der Waals surface area contributed by atoms with Crippen molar-refractivity contribution in [2.45, 2.75) is 51.0 Å². The fourth-order valence-corrected chi connectivity index (χ4v) is 3.06. The van der Waals surface area contributed by atoms with Gasteiger partial charge in [0.15, 0.2) is 0 Å². The minimum Gasteiger partial charge on any atom is -0.455 e. The fourth-order valence-electron chi connectivity index (χ4n) is 3.06. The molecule has 1 saturated carbocycles. The average Bonchev–Trinajstić information content (AvgIpc) is 2.40.